The molecule has 0 aromatic heterocycles. The number of rotatable bonds is 2. The molecule has 3 heteroatoms. The van der Waals surface area contributed by atoms with Gasteiger partial charge in [0.25, 0.3) is 0 Å². The first kappa shape index (κ1) is 13.9. The second kappa shape index (κ2) is 4.86. The van der Waals surface area contributed by atoms with Crippen molar-refractivity contribution in [3.8, 4) is 0 Å². The van der Waals surface area contributed by atoms with Crippen LogP contribution < -0.4 is 0 Å². The van der Waals surface area contributed by atoms with Gasteiger partial charge in [0.1, 0.15) is 5.82 Å². The SMILES string of the molecule is Cc1cc(F)ccc1CC1(O)CSCC(C)(C)C1. The smallest absolute Gasteiger partial charge is 0.123 e. The maximum absolute atomic E-state index is 13.1. The number of halogens is 1. The van der Waals surface area contributed by atoms with E-state index in [1.807, 2.05) is 18.7 Å². The first-order valence-electron chi connectivity index (χ1n) is 6.35. The fourth-order valence-corrected chi connectivity index (χ4v) is 4.18. The van der Waals surface area contributed by atoms with E-state index in [0.29, 0.717) is 6.42 Å². The fourth-order valence-electron chi connectivity index (χ4n) is 2.84. The Balaban J connectivity index is 2.17. The van der Waals surface area contributed by atoms with Crippen LogP contribution in [-0.4, -0.2) is 22.2 Å². The van der Waals surface area contributed by atoms with Crippen molar-refractivity contribution in [1.82, 2.24) is 0 Å². The number of thioether (sulfide) groups is 1. The third-order valence-corrected chi connectivity index (χ3v) is 5.22. The summed E-state index contributed by atoms with van der Waals surface area (Å²) in [5.74, 6) is 1.66. The second-order valence-electron chi connectivity index (χ2n) is 6.31. The first-order chi connectivity index (χ1) is 8.30. The van der Waals surface area contributed by atoms with Gasteiger partial charge in [0, 0.05) is 12.2 Å². The highest BCUT2D eigenvalue weighted by Gasteiger charge is 2.39. The molecule has 18 heavy (non-hydrogen) atoms. The molecule has 1 N–H and O–H groups in total. The van der Waals surface area contributed by atoms with Gasteiger partial charge in [-0.15, -0.1) is 0 Å². The number of aryl methyl sites for hydroxylation is 1. The molecule has 1 aromatic carbocycles. The van der Waals surface area contributed by atoms with Gasteiger partial charge in [0.15, 0.2) is 0 Å². The van der Waals surface area contributed by atoms with Crippen LogP contribution in [0.25, 0.3) is 0 Å². The Morgan fingerprint density at radius 1 is 1.33 bits per heavy atom. The first-order valence-corrected chi connectivity index (χ1v) is 7.50. The molecule has 1 fully saturated rings. The van der Waals surface area contributed by atoms with Gasteiger partial charge in [-0.25, -0.2) is 4.39 Å². The molecular formula is C15H21FOS. The molecule has 1 unspecified atom stereocenters. The highest BCUT2D eigenvalue weighted by atomic mass is 32.2. The third kappa shape index (κ3) is 3.27. The summed E-state index contributed by atoms with van der Waals surface area (Å²) >= 11 is 1.81. The molecule has 1 atom stereocenters. The van der Waals surface area contributed by atoms with Crippen LogP contribution in [0.3, 0.4) is 0 Å². The number of hydrogen-bond donors (Lipinski definition) is 1. The zero-order chi connectivity index (χ0) is 13.4. The zero-order valence-corrected chi connectivity index (χ0v) is 12.1. The van der Waals surface area contributed by atoms with E-state index in [1.165, 1.54) is 6.07 Å². The Morgan fingerprint density at radius 2 is 2.06 bits per heavy atom. The lowest BCUT2D eigenvalue weighted by atomic mass is 9.78. The van der Waals surface area contributed by atoms with E-state index in [-0.39, 0.29) is 11.2 Å². The minimum absolute atomic E-state index is 0.172. The van der Waals surface area contributed by atoms with Crippen LogP contribution in [0.1, 0.15) is 31.4 Å². The molecule has 0 saturated carbocycles. The van der Waals surface area contributed by atoms with Gasteiger partial charge in [0.2, 0.25) is 0 Å². The van der Waals surface area contributed by atoms with Crippen molar-refractivity contribution in [2.24, 2.45) is 5.41 Å². The molecular weight excluding hydrogens is 247 g/mol. The minimum atomic E-state index is -0.658. The molecule has 0 amide bonds. The number of hydrogen-bond acceptors (Lipinski definition) is 2. The van der Waals surface area contributed by atoms with Crippen molar-refractivity contribution < 1.29 is 9.50 Å². The Labute approximate surface area is 113 Å². The molecule has 1 aliphatic heterocycles. The largest absolute Gasteiger partial charge is 0.389 e. The predicted molar refractivity (Wildman–Crippen MR) is 75.5 cm³/mol. The van der Waals surface area contributed by atoms with Crippen molar-refractivity contribution in [3.63, 3.8) is 0 Å². The number of benzene rings is 1. The molecule has 0 spiro atoms. The van der Waals surface area contributed by atoms with Crippen molar-refractivity contribution in [1.29, 1.82) is 0 Å². The van der Waals surface area contributed by atoms with Crippen molar-refractivity contribution in [3.05, 3.63) is 35.1 Å². The normalized spacial score (nSPS) is 27.2. The zero-order valence-electron chi connectivity index (χ0n) is 11.3. The van der Waals surface area contributed by atoms with Gasteiger partial charge in [0.05, 0.1) is 5.60 Å². The summed E-state index contributed by atoms with van der Waals surface area (Å²) in [6, 6.07) is 4.82. The summed E-state index contributed by atoms with van der Waals surface area (Å²) in [4.78, 5) is 0. The molecule has 1 saturated heterocycles. The summed E-state index contributed by atoms with van der Waals surface area (Å²) in [5, 5.41) is 10.7. The van der Waals surface area contributed by atoms with E-state index in [9.17, 15) is 9.50 Å². The summed E-state index contributed by atoms with van der Waals surface area (Å²) < 4.78 is 13.1. The molecule has 100 valence electrons. The molecule has 1 heterocycles. The van der Waals surface area contributed by atoms with Crippen molar-refractivity contribution in [2.75, 3.05) is 11.5 Å². The lowest BCUT2D eigenvalue weighted by Crippen LogP contribution is -2.44. The van der Waals surface area contributed by atoms with Gasteiger partial charge in [-0.05, 0) is 47.8 Å². The van der Waals surface area contributed by atoms with Gasteiger partial charge < -0.3 is 5.11 Å². The lowest BCUT2D eigenvalue weighted by molar-refractivity contribution is 0.0198. The summed E-state index contributed by atoms with van der Waals surface area (Å²) in [6.45, 7) is 6.30. The summed E-state index contributed by atoms with van der Waals surface area (Å²) in [5.41, 5.74) is 1.50. The van der Waals surface area contributed by atoms with Crippen molar-refractivity contribution >= 4 is 11.8 Å². The van der Waals surface area contributed by atoms with E-state index in [2.05, 4.69) is 13.8 Å². The highest BCUT2D eigenvalue weighted by molar-refractivity contribution is 7.99. The monoisotopic (exact) mass is 268 g/mol. The van der Waals surface area contributed by atoms with Crippen LogP contribution in [0.4, 0.5) is 4.39 Å². The predicted octanol–water partition coefficient (Wildman–Crippen LogP) is 3.57. The van der Waals surface area contributed by atoms with Gasteiger partial charge >= 0.3 is 0 Å². The lowest BCUT2D eigenvalue weighted by Gasteiger charge is -2.41. The van der Waals surface area contributed by atoms with Gasteiger partial charge in [-0.3, -0.25) is 0 Å². The van der Waals surface area contributed by atoms with Crippen LogP contribution in [0.5, 0.6) is 0 Å². The Morgan fingerprint density at radius 3 is 2.67 bits per heavy atom. The highest BCUT2D eigenvalue weighted by Crippen LogP contribution is 2.40. The quantitative estimate of drug-likeness (QED) is 0.885. The van der Waals surface area contributed by atoms with Crippen LogP contribution in [-0.2, 0) is 6.42 Å². The molecule has 1 nitrogen and oxygen atoms in total. The maximum Gasteiger partial charge on any atom is 0.123 e. The molecule has 0 aliphatic carbocycles. The second-order valence-corrected chi connectivity index (χ2v) is 7.29. The third-order valence-electron chi connectivity index (χ3n) is 3.50. The fraction of sp³-hybridized carbons (Fsp3) is 0.600. The average molecular weight is 268 g/mol. The van der Waals surface area contributed by atoms with Crippen LogP contribution in [0.2, 0.25) is 0 Å². The van der Waals surface area contributed by atoms with Gasteiger partial charge in [-0.2, -0.15) is 11.8 Å². The van der Waals surface area contributed by atoms with Crippen LogP contribution in [0.15, 0.2) is 18.2 Å². The maximum atomic E-state index is 13.1. The van der Waals surface area contributed by atoms with E-state index in [4.69, 9.17) is 0 Å². The standard InChI is InChI=1S/C15H21FOS/c1-11-6-13(16)5-4-12(11)7-15(17)8-14(2,3)9-18-10-15/h4-6,17H,7-10H2,1-3H3. The van der Waals surface area contributed by atoms with E-state index in [1.54, 1.807) is 12.1 Å². The Bertz CT molecular complexity index is 444. The Kier molecular flexibility index (Phi) is 3.75. The molecule has 2 rings (SSSR count). The molecule has 1 aliphatic rings. The Hall–Kier alpha value is -0.540. The van der Waals surface area contributed by atoms with E-state index >= 15 is 0 Å². The molecule has 0 bridgehead atoms. The number of aliphatic hydroxyl groups is 1. The van der Waals surface area contributed by atoms with Gasteiger partial charge in [-0.1, -0.05) is 19.9 Å². The summed E-state index contributed by atoms with van der Waals surface area (Å²) in [6.07, 6.45) is 1.43. The molecule has 0 radical (unpaired) electrons. The van der Waals surface area contributed by atoms with E-state index < -0.39 is 5.60 Å². The summed E-state index contributed by atoms with van der Waals surface area (Å²) in [7, 11) is 0. The van der Waals surface area contributed by atoms with Crippen molar-refractivity contribution in [2.45, 2.75) is 39.2 Å². The average Bonchev–Trinajstić information content (AvgIpc) is 2.20. The van der Waals surface area contributed by atoms with E-state index in [0.717, 1.165) is 29.1 Å². The topological polar surface area (TPSA) is 20.2 Å². The van der Waals surface area contributed by atoms with Crippen LogP contribution >= 0.6 is 11.8 Å². The minimum Gasteiger partial charge on any atom is -0.389 e. The molecule has 1 aromatic rings. The van der Waals surface area contributed by atoms with Crippen LogP contribution in [0, 0.1) is 18.2 Å².